The number of nitrogens with one attached hydrogen (secondary N) is 2. The topological polar surface area (TPSA) is 64.1 Å². The van der Waals surface area contributed by atoms with Gasteiger partial charge in [-0.25, -0.2) is 0 Å². The van der Waals surface area contributed by atoms with E-state index < -0.39 is 0 Å². The van der Waals surface area contributed by atoms with E-state index in [4.69, 9.17) is 38.0 Å². The van der Waals surface area contributed by atoms with Crippen molar-refractivity contribution in [3.8, 4) is 17.2 Å². The summed E-state index contributed by atoms with van der Waals surface area (Å²) in [6, 6.07) is 11.0. The van der Waals surface area contributed by atoms with Crippen molar-refractivity contribution >= 4 is 40.8 Å². The molecule has 0 bridgehead atoms. The Labute approximate surface area is 163 Å². The first-order valence-electron chi connectivity index (χ1n) is 7.81. The van der Waals surface area contributed by atoms with Crippen LogP contribution >= 0.6 is 23.8 Å². The van der Waals surface area contributed by atoms with Crippen LogP contribution in [0.5, 0.6) is 17.2 Å². The van der Waals surface area contributed by atoms with Crippen molar-refractivity contribution in [3.63, 3.8) is 0 Å². The number of nitrogens with zero attached hydrogens (tertiary/aromatic N) is 1. The van der Waals surface area contributed by atoms with Crippen molar-refractivity contribution in [2.45, 2.75) is 6.92 Å². The zero-order chi connectivity index (χ0) is 18.9. The van der Waals surface area contributed by atoms with Crippen LogP contribution in [0.3, 0.4) is 0 Å². The molecular formula is C18H20ClN3O3S. The van der Waals surface area contributed by atoms with Gasteiger partial charge in [0.05, 0.1) is 32.1 Å². The third kappa shape index (κ3) is 5.50. The van der Waals surface area contributed by atoms with Crippen molar-refractivity contribution in [1.82, 2.24) is 5.43 Å². The quantitative estimate of drug-likeness (QED) is 0.420. The maximum Gasteiger partial charge on any atom is 0.191 e. The summed E-state index contributed by atoms with van der Waals surface area (Å²) >= 11 is 11.4. The van der Waals surface area contributed by atoms with E-state index in [-0.39, 0.29) is 0 Å². The minimum absolute atomic E-state index is 0.358. The number of hydrogen-bond donors (Lipinski definition) is 2. The third-order valence-electron chi connectivity index (χ3n) is 3.26. The van der Waals surface area contributed by atoms with Gasteiger partial charge in [0.25, 0.3) is 0 Å². The fraction of sp³-hybridized carbons (Fsp3) is 0.222. The molecular weight excluding hydrogens is 374 g/mol. The Morgan fingerprint density at radius 1 is 1.19 bits per heavy atom. The lowest BCUT2D eigenvalue weighted by Gasteiger charge is -2.10. The maximum atomic E-state index is 6.16. The van der Waals surface area contributed by atoms with Crippen LogP contribution in [-0.4, -0.2) is 32.2 Å². The maximum absolute atomic E-state index is 6.16. The number of methoxy groups -OCH3 is 2. The van der Waals surface area contributed by atoms with Gasteiger partial charge < -0.3 is 19.5 Å². The summed E-state index contributed by atoms with van der Waals surface area (Å²) in [4.78, 5) is 0. The summed E-state index contributed by atoms with van der Waals surface area (Å²) in [7, 11) is 3.08. The van der Waals surface area contributed by atoms with E-state index in [9.17, 15) is 0 Å². The van der Waals surface area contributed by atoms with Crippen LogP contribution < -0.4 is 25.0 Å². The highest BCUT2D eigenvalue weighted by atomic mass is 35.5. The fourth-order valence-corrected chi connectivity index (χ4v) is 2.60. The molecule has 0 saturated heterocycles. The normalized spacial score (nSPS) is 10.5. The van der Waals surface area contributed by atoms with E-state index in [1.807, 2.05) is 31.2 Å². The molecule has 0 amide bonds. The van der Waals surface area contributed by atoms with E-state index in [0.717, 1.165) is 17.0 Å². The Balaban J connectivity index is 1.95. The van der Waals surface area contributed by atoms with Gasteiger partial charge in [-0.15, -0.1) is 0 Å². The first kappa shape index (κ1) is 19.8. The average molecular weight is 394 g/mol. The highest BCUT2D eigenvalue weighted by Gasteiger charge is 2.09. The second-order valence-electron chi connectivity index (χ2n) is 5.02. The third-order valence-corrected chi connectivity index (χ3v) is 3.73. The molecule has 0 unspecified atom stereocenters. The van der Waals surface area contributed by atoms with E-state index >= 15 is 0 Å². The summed E-state index contributed by atoms with van der Waals surface area (Å²) < 4.78 is 15.8. The van der Waals surface area contributed by atoms with Gasteiger partial charge >= 0.3 is 0 Å². The van der Waals surface area contributed by atoms with Crippen LogP contribution in [0.15, 0.2) is 41.5 Å². The smallest absolute Gasteiger partial charge is 0.191 e. The average Bonchev–Trinajstić information content (AvgIpc) is 2.63. The second-order valence-corrected chi connectivity index (χ2v) is 5.84. The molecule has 0 saturated carbocycles. The number of benzene rings is 2. The molecule has 0 aromatic heterocycles. The lowest BCUT2D eigenvalue weighted by atomic mass is 10.2. The van der Waals surface area contributed by atoms with Crippen molar-refractivity contribution in [3.05, 3.63) is 47.0 Å². The number of anilines is 1. The molecule has 2 aromatic carbocycles. The van der Waals surface area contributed by atoms with Crippen molar-refractivity contribution in [2.75, 3.05) is 26.1 Å². The lowest BCUT2D eigenvalue weighted by molar-refractivity contribution is 0.340. The number of halogens is 1. The van der Waals surface area contributed by atoms with E-state index in [1.165, 1.54) is 7.11 Å². The minimum atomic E-state index is 0.358. The molecule has 6 nitrogen and oxygen atoms in total. The van der Waals surface area contributed by atoms with Crippen LogP contribution in [0.4, 0.5) is 5.69 Å². The molecule has 138 valence electrons. The molecule has 0 atom stereocenters. The predicted molar refractivity (Wildman–Crippen MR) is 109 cm³/mol. The van der Waals surface area contributed by atoms with Gasteiger partial charge in [-0.1, -0.05) is 11.6 Å². The zero-order valence-electron chi connectivity index (χ0n) is 14.7. The number of thiocarbonyl (C=S) groups is 1. The SMILES string of the molecule is CCOc1ccc(NC(=S)N/N=C\c2cc(Cl)c(OC)c(OC)c2)cc1. The number of hydrogen-bond acceptors (Lipinski definition) is 5. The van der Waals surface area contributed by atoms with E-state index in [0.29, 0.717) is 28.2 Å². The van der Waals surface area contributed by atoms with Gasteiger partial charge in [-0.3, -0.25) is 5.43 Å². The van der Waals surface area contributed by atoms with Gasteiger partial charge in [0.15, 0.2) is 16.6 Å². The zero-order valence-corrected chi connectivity index (χ0v) is 16.3. The first-order valence-corrected chi connectivity index (χ1v) is 8.60. The molecule has 8 heteroatoms. The molecule has 26 heavy (non-hydrogen) atoms. The highest BCUT2D eigenvalue weighted by Crippen LogP contribution is 2.35. The number of ether oxygens (including phenoxy) is 3. The Morgan fingerprint density at radius 3 is 2.54 bits per heavy atom. The van der Waals surface area contributed by atoms with Crippen molar-refractivity contribution < 1.29 is 14.2 Å². The monoisotopic (exact) mass is 393 g/mol. The Bertz CT molecular complexity index is 782. The van der Waals surface area contributed by atoms with Crippen LogP contribution in [0.1, 0.15) is 12.5 Å². The highest BCUT2D eigenvalue weighted by molar-refractivity contribution is 7.80. The van der Waals surface area contributed by atoms with Gasteiger partial charge in [0.1, 0.15) is 5.75 Å². The molecule has 0 spiro atoms. The van der Waals surface area contributed by atoms with Crippen molar-refractivity contribution in [2.24, 2.45) is 5.10 Å². The predicted octanol–water partition coefficient (Wildman–Crippen LogP) is 4.08. The summed E-state index contributed by atoms with van der Waals surface area (Å²) in [6.45, 7) is 2.57. The molecule has 0 aliphatic carbocycles. The number of rotatable bonds is 7. The molecule has 0 aliphatic rings. The fourth-order valence-electron chi connectivity index (χ4n) is 2.14. The molecule has 0 heterocycles. The Morgan fingerprint density at radius 2 is 1.92 bits per heavy atom. The second kappa shape index (κ2) is 9.84. The van der Waals surface area contributed by atoms with Gasteiger partial charge in [0, 0.05) is 5.69 Å². The van der Waals surface area contributed by atoms with Gasteiger partial charge in [0.2, 0.25) is 0 Å². The summed E-state index contributed by atoms with van der Waals surface area (Å²) in [5, 5.41) is 7.92. The Kier molecular flexibility index (Phi) is 7.50. The Hall–Kier alpha value is -2.51. The standard InChI is InChI=1S/C18H20ClN3O3S/c1-4-25-14-7-5-13(6-8-14)21-18(26)22-20-11-12-9-15(19)17(24-3)16(10-12)23-2/h5-11H,4H2,1-3H3,(H2,21,22,26)/b20-11-. The number of hydrazone groups is 1. The molecule has 2 N–H and O–H groups in total. The van der Waals surface area contributed by atoms with Crippen LogP contribution in [0.2, 0.25) is 5.02 Å². The van der Waals surface area contributed by atoms with Crippen LogP contribution in [-0.2, 0) is 0 Å². The molecule has 2 aromatic rings. The largest absolute Gasteiger partial charge is 0.494 e. The molecule has 0 radical (unpaired) electrons. The first-order chi connectivity index (χ1) is 12.6. The summed E-state index contributed by atoms with van der Waals surface area (Å²) in [5.74, 6) is 1.81. The minimum Gasteiger partial charge on any atom is -0.494 e. The summed E-state index contributed by atoms with van der Waals surface area (Å²) in [5.41, 5.74) is 4.32. The van der Waals surface area contributed by atoms with Crippen LogP contribution in [0.25, 0.3) is 0 Å². The van der Waals surface area contributed by atoms with E-state index in [2.05, 4.69) is 15.8 Å². The van der Waals surface area contributed by atoms with Gasteiger partial charge in [-0.05, 0) is 61.1 Å². The molecule has 2 rings (SSSR count). The lowest BCUT2D eigenvalue weighted by Crippen LogP contribution is -2.23. The van der Waals surface area contributed by atoms with Crippen molar-refractivity contribution in [1.29, 1.82) is 0 Å². The molecule has 0 fully saturated rings. The van der Waals surface area contributed by atoms with E-state index in [1.54, 1.807) is 25.5 Å². The van der Waals surface area contributed by atoms with Gasteiger partial charge in [-0.2, -0.15) is 5.10 Å². The summed E-state index contributed by atoms with van der Waals surface area (Å²) in [6.07, 6.45) is 1.58. The molecule has 0 aliphatic heterocycles. The van der Waals surface area contributed by atoms with Crippen LogP contribution in [0, 0.1) is 0 Å².